The highest BCUT2D eigenvalue weighted by Crippen LogP contribution is 2.22. The molecule has 5 heteroatoms. The number of fused-ring (bicyclic) bond motifs is 1. The van der Waals surface area contributed by atoms with Gasteiger partial charge in [-0.3, -0.25) is 14.2 Å². The maximum atomic E-state index is 12.1. The number of amides is 1. The van der Waals surface area contributed by atoms with Crippen molar-refractivity contribution in [3.05, 3.63) is 59.9 Å². The second kappa shape index (κ2) is 5.61. The standard InChI is InChI=1S/C17H17N3O2/c1-12-18-15-11-13(17(21)19(2)22-3)9-10-16(15)20(12)14-7-5-4-6-8-14/h4-11H,1-3H3. The van der Waals surface area contributed by atoms with Gasteiger partial charge in [0.25, 0.3) is 5.91 Å². The molecule has 0 saturated heterocycles. The summed E-state index contributed by atoms with van der Waals surface area (Å²) in [5.74, 6) is 0.683. The highest BCUT2D eigenvalue weighted by Gasteiger charge is 2.15. The zero-order valence-corrected chi connectivity index (χ0v) is 12.8. The molecule has 2 aromatic carbocycles. The van der Waals surface area contributed by atoms with Gasteiger partial charge in [0.05, 0.1) is 18.1 Å². The van der Waals surface area contributed by atoms with Crippen molar-refractivity contribution in [2.24, 2.45) is 0 Å². The maximum Gasteiger partial charge on any atom is 0.277 e. The quantitative estimate of drug-likeness (QED) is 0.698. The Kier molecular flexibility index (Phi) is 3.65. The molecule has 5 nitrogen and oxygen atoms in total. The van der Waals surface area contributed by atoms with Crippen molar-refractivity contribution in [2.45, 2.75) is 6.92 Å². The van der Waals surface area contributed by atoms with Crippen LogP contribution in [-0.4, -0.2) is 34.7 Å². The van der Waals surface area contributed by atoms with Gasteiger partial charge in [-0.05, 0) is 37.3 Å². The molecule has 0 bridgehead atoms. The summed E-state index contributed by atoms with van der Waals surface area (Å²) in [6.07, 6.45) is 0. The van der Waals surface area contributed by atoms with Gasteiger partial charge in [0, 0.05) is 18.3 Å². The second-order valence-electron chi connectivity index (χ2n) is 5.02. The summed E-state index contributed by atoms with van der Waals surface area (Å²) >= 11 is 0. The van der Waals surface area contributed by atoms with Crippen LogP contribution in [0.25, 0.3) is 16.7 Å². The van der Waals surface area contributed by atoms with Gasteiger partial charge < -0.3 is 0 Å². The lowest BCUT2D eigenvalue weighted by atomic mass is 10.2. The third-order valence-corrected chi connectivity index (χ3v) is 3.64. The van der Waals surface area contributed by atoms with Gasteiger partial charge in [-0.15, -0.1) is 0 Å². The van der Waals surface area contributed by atoms with E-state index in [2.05, 4.69) is 9.55 Å². The summed E-state index contributed by atoms with van der Waals surface area (Å²) in [4.78, 5) is 21.7. The lowest BCUT2D eigenvalue weighted by Crippen LogP contribution is -2.25. The number of imidazole rings is 1. The minimum absolute atomic E-state index is 0.198. The Balaban J connectivity index is 2.11. The number of hydrogen-bond donors (Lipinski definition) is 0. The molecular weight excluding hydrogens is 278 g/mol. The molecule has 0 radical (unpaired) electrons. The number of para-hydroxylation sites is 1. The van der Waals surface area contributed by atoms with E-state index in [0.717, 1.165) is 22.5 Å². The summed E-state index contributed by atoms with van der Waals surface area (Å²) < 4.78 is 2.07. The number of aryl methyl sites for hydroxylation is 1. The fourth-order valence-corrected chi connectivity index (χ4v) is 2.50. The van der Waals surface area contributed by atoms with E-state index in [-0.39, 0.29) is 5.91 Å². The Morgan fingerprint density at radius 3 is 2.59 bits per heavy atom. The molecule has 0 aliphatic carbocycles. The number of hydroxylamine groups is 2. The Morgan fingerprint density at radius 2 is 1.91 bits per heavy atom. The SMILES string of the molecule is CON(C)C(=O)c1ccc2c(c1)nc(C)n2-c1ccccc1. The van der Waals surface area contributed by atoms with Crippen LogP contribution in [0.15, 0.2) is 48.5 Å². The van der Waals surface area contributed by atoms with Crippen molar-refractivity contribution in [3.8, 4) is 5.69 Å². The molecule has 1 amide bonds. The molecule has 112 valence electrons. The van der Waals surface area contributed by atoms with Crippen LogP contribution in [0.3, 0.4) is 0 Å². The van der Waals surface area contributed by atoms with Crippen LogP contribution in [0.4, 0.5) is 0 Å². The van der Waals surface area contributed by atoms with Crippen molar-refractivity contribution < 1.29 is 9.63 Å². The van der Waals surface area contributed by atoms with E-state index in [4.69, 9.17) is 4.84 Å². The Hall–Kier alpha value is -2.66. The normalized spacial score (nSPS) is 10.9. The molecule has 0 fully saturated rings. The summed E-state index contributed by atoms with van der Waals surface area (Å²) in [6.45, 7) is 1.95. The van der Waals surface area contributed by atoms with Crippen molar-refractivity contribution in [2.75, 3.05) is 14.2 Å². The first kappa shape index (κ1) is 14.3. The summed E-state index contributed by atoms with van der Waals surface area (Å²) in [6, 6.07) is 15.5. The zero-order valence-electron chi connectivity index (χ0n) is 12.8. The lowest BCUT2D eigenvalue weighted by molar-refractivity contribution is -0.0756. The van der Waals surface area contributed by atoms with Gasteiger partial charge in [0.1, 0.15) is 5.82 Å². The largest absolute Gasteiger partial charge is 0.297 e. The van der Waals surface area contributed by atoms with Crippen LogP contribution in [0.2, 0.25) is 0 Å². The number of hydrogen-bond acceptors (Lipinski definition) is 3. The first-order valence-electron chi connectivity index (χ1n) is 6.98. The molecule has 0 spiro atoms. The number of benzene rings is 2. The van der Waals surface area contributed by atoms with Gasteiger partial charge in [-0.1, -0.05) is 18.2 Å². The first-order chi connectivity index (χ1) is 10.6. The van der Waals surface area contributed by atoms with E-state index in [9.17, 15) is 4.79 Å². The molecule has 0 N–H and O–H groups in total. The van der Waals surface area contributed by atoms with Crippen molar-refractivity contribution in [3.63, 3.8) is 0 Å². The fourth-order valence-electron chi connectivity index (χ4n) is 2.50. The Labute approximate surface area is 128 Å². The second-order valence-corrected chi connectivity index (χ2v) is 5.02. The zero-order chi connectivity index (χ0) is 15.7. The first-order valence-corrected chi connectivity index (χ1v) is 6.98. The monoisotopic (exact) mass is 295 g/mol. The van der Waals surface area contributed by atoms with Gasteiger partial charge in [0.2, 0.25) is 0 Å². The van der Waals surface area contributed by atoms with Crippen molar-refractivity contribution in [1.29, 1.82) is 0 Å². The van der Waals surface area contributed by atoms with E-state index in [1.807, 2.05) is 43.3 Å². The van der Waals surface area contributed by atoms with E-state index in [0.29, 0.717) is 5.56 Å². The number of carbonyl (C=O) groups excluding carboxylic acids is 1. The van der Waals surface area contributed by atoms with Crippen molar-refractivity contribution in [1.82, 2.24) is 14.6 Å². The predicted octanol–water partition coefficient (Wildman–Crippen LogP) is 2.97. The molecule has 0 unspecified atom stereocenters. The predicted molar refractivity (Wildman–Crippen MR) is 84.9 cm³/mol. The van der Waals surface area contributed by atoms with E-state index in [1.54, 1.807) is 19.2 Å². The number of carbonyl (C=O) groups is 1. The minimum Gasteiger partial charge on any atom is -0.297 e. The summed E-state index contributed by atoms with van der Waals surface area (Å²) in [5.41, 5.74) is 3.36. The molecular formula is C17H17N3O2. The van der Waals surface area contributed by atoms with Crippen LogP contribution >= 0.6 is 0 Å². The molecule has 1 heterocycles. The molecule has 3 rings (SSSR count). The molecule has 0 aliphatic rings. The van der Waals surface area contributed by atoms with Gasteiger partial charge in [-0.25, -0.2) is 10.0 Å². The molecule has 3 aromatic rings. The van der Waals surface area contributed by atoms with Crippen LogP contribution in [0.5, 0.6) is 0 Å². The van der Waals surface area contributed by atoms with Gasteiger partial charge in [-0.2, -0.15) is 0 Å². The molecule has 1 aromatic heterocycles. The van der Waals surface area contributed by atoms with Crippen LogP contribution in [0.1, 0.15) is 16.2 Å². The fraction of sp³-hybridized carbons (Fsp3) is 0.176. The van der Waals surface area contributed by atoms with Crippen LogP contribution in [0, 0.1) is 6.92 Å². The molecule has 0 atom stereocenters. The molecule has 0 saturated carbocycles. The van der Waals surface area contributed by atoms with E-state index >= 15 is 0 Å². The van der Waals surface area contributed by atoms with Crippen LogP contribution < -0.4 is 0 Å². The van der Waals surface area contributed by atoms with Gasteiger partial charge in [0.15, 0.2) is 0 Å². The maximum absolute atomic E-state index is 12.1. The molecule has 0 aliphatic heterocycles. The molecule has 22 heavy (non-hydrogen) atoms. The van der Waals surface area contributed by atoms with E-state index < -0.39 is 0 Å². The van der Waals surface area contributed by atoms with Gasteiger partial charge >= 0.3 is 0 Å². The highest BCUT2D eigenvalue weighted by atomic mass is 16.7. The van der Waals surface area contributed by atoms with Crippen LogP contribution in [-0.2, 0) is 4.84 Å². The average Bonchev–Trinajstić information content (AvgIpc) is 2.89. The number of aromatic nitrogens is 2. The van der Waals surface area contributed by atoms with Crippen molar-refractivity contribution >= 4 is 16.9 Å². The Morgan fingerprint density at radius 1 is 1.18 bits per heavy atom. The summed E-state index contributed by atoms with van der Waals surface area (Å²) in [7, 11) is 3.05. The summed E-state index contributed by atoms with van der Waals surface area (Å²) in [5, 5.41) is 1.20. The third kappa shape index (κ3) is 2.35. The average molecular weight is 295 g/mol. The lowest BCUT2D eigenvalue weighted by Gasteiger charge is -2.13. The smallest absolute Gasteiger partial charge is 0.277 e. The minimum atomic E-state index is -0.198. The topological polar surface area (TPSA) is 47.4 Å². The highest BCUT2D eigenvalue weighted by molar-refractivity contribution is 5.97. The Bertz CT molecular complexity index is 825. The number of nitrogens with zero attached hydrogens (tertiary/aromatic N) is 3. The third-order valence-electron chi connectivity index (χ3n) is 3.64. The van der Waals surface area contributed by atoms with E-state index in [1.165, 1.54) is 12.2 Å². The number of rotatable bonds is 3.